The van der Waals surface area contributed by atoms with Crippen LogP contribution < -0.4 is 10.2 Å². The molecule has 1 saturated heterocycles. The fourth-order valence-corrected chi connectivity index (χ4v) is 3.74. The van der Waals surface area contributed by atoms with E-state index in [1.165, 1.54) is 24.3 Å². The van der Waals surface area contributed by atoms with Crippen molar-refractivity contribution in [3.8, 4) is 0 Å². The van der Waals surface area contributed by atoms with E-state index in [1.54, 1.807) is 4.90 Å². The number of benzene rings is 2. The number of rotatable bonds is 7. The van der Waals surface area contributed by atoms with Gasteiger partial charge in [-0.1, -0.05) is 12.1 Å². The molecule has 0 bridgehead atoms. The Morgan fingerprint density at radius 2 is 1.81 bits per heavy atom. The summed E-state index contributed by atoms with van der Waals surface area (Å²) in [5.41, 5.74) is -1.03. The van der Waals surface area contributed by atoms with Gasteiger partial charge in [0.05, 0.1) is 16.6 Å². The van der Waals surface area contributed by atoms with Crippen LogP contribution in [0.3, 0.4) is 0 Å². The topological polar surface area (TPSA) is 78.6 Å². The number of non-ortho nitro benzene ring substituents is 1. The van der Waals surface area contributed by atoms with Gasteiger partial charge < -0.3 is 15.3 Å². The molecular weight excluding hydrogens is 418 g/mol. The number of nitro benzene ring substituents is 1. The highest BCUT2D eigenvalue weighted by molar-refractivity contribution is 5.59. The molecule has 6 nitrogen and oxygen atoms in total. The summed E-state index contributed by atoms with van der Waals surface area (Å²) in [7, 11) is 0. The Morgan fingerprint density at radius 1 is 1.16 bits per heavy atom. The Morgan fingerprint density at radius 3 is 2.39 bits per heavy atom. The first kappa shape index (κ1) is 23.0. The second-order valence-electron chi connectivity index (χ2n) is 7.53. The molecule has 2 aromatic carbocycles. The Kier molecular flexibility index (Phi) is 7.11. The van der Waals surface area contributed by atoms with Crippen LogP contribution in [-0.4, -0.2) is 35.7 Å². The van der Waals surface area contributed by atoms with Crippen LogP contribution in [0.4, 0.5) is 28.9 Å². The van der Waals surface area contributed by atoms with Crippen LogP contribution in [0.5, 0.6) is 0 Å². The number of hydrogen-bond acceptors (Lipinski definition) is 5. The van der Waals surface area contributed by atoms with Gasteiger partial charge in [0.1, 0.15) is 5.82 Å². The molecule has 2 aromatic rings. The molecule has 1 atom stereocenters. The minimum absolute atomic E-state index is 0.0525. The van der Waals surface area contributed by atoms with E-state index in [2.05, 4.69) is 5.32 Å². The van der Waals surface area contributed by atoms with E-state index in [9.17, 15) is 32.8 Å². The summed E-state index contributed by atoms with van der Waals surface area (Å²) in [4.78, 5) is 11.6. The molecule has 0 amide bonds. The number of hydrogen-bond donors (Lipinski definition) is 2. The number of nitro groups is 1. The Hall–Kier alpha value is -2.72. The normalized spacial score (nSPS) is 16.4. The second kappa shape index (κ2) is 9.61. The number of halogens is 4. The lowest BCUT2D eigenvalue weighted by molar-refractivity contribution is -0.385. The van der Waals surface area contributed by atoms with Crippen molar-refractivity contribution in [1.82, 2.24) is 5.32 Å². The first-order valence-corrected chi connectivity index (χ1v) is 9.92. The number of anilines is 1. The molecule has 0 radical (unpaired) electrons. The lowest BCUT2D eigenvalue weighted by atomic mass is 10.0. The van der Waals surface area contributed by atoms with E-state index in [1.807, 2.05) is 0 Å². The first-order valence-electron chi connectivity index (χ1n) is 9.92. The molecular formula is C21H23F4N3O3. The number of aliphatic hydroxyl groups is 1. The predicted molar refractivity (Wildman–Crippen MR) is 107 cm³/mol. The minimum atomic E-state index is -4.69. The van der Waals surface area contributed by atoms with E-state index in [0.29, 0.717) is 50.5 Å². The molecule has 0 spiro atoms. The summed E-state index contributed by atoms with van der Waals surface area (Å²) in [5, 5.41) is 24.3. The van der Waals surface area contributed by atoms with E-state index in [0.717, 1.165) is 12.1 Å². The molecule has 1 unspecified atom stereocenters. The van der Waals surface area contributed by atoms with Gasteiger partial charge in [-0.2, -0.15) is 13.2 Å². The van der Waals surface area contributed by atoms with Crippen molar-refractivity contribution >= 4 is 11.4 Å². The highest BCUT2D eigenvalue weighted by Crippen LogP contribution is 2.39. The molecule has 31 heavy (non-hydrogen) atoms. The quantitative estimate of drug-likeness (QED) is 0.378. The molecule has 1 fully saturated rings. The van der Waals surface area contributed by atoms with Gasteiger partial charge in [0, 0.05) is 37.0 Å². The largest absolute Gasteiger partial charge is 0.418 e. The van der Waals surface area contributed by atoms with Gasteiger partial charge in [0.25, 0.3) is 5.69 Å². The number of nitrogens with zero attached hydrogens (tertiary/aromatic N) is 2. The van der Waals surface area contributed by atoms with Gasteiger partial charge in [0.2, 0.25) is 0 Å². The van der Waals surface area contributed by atoms with Gasteiger partial charge in [0.15, 0.2) is 0 Å². The maximum absolute atomic E-state index is 13.4. The number of nitrogens with one attached hydrogen (secondary N) is 1. The van der Waals surface area contributed by atoms with Crippen molar-refractivity contribution in [3.63, 3.8) is 0 Å². The predicted octanol–water partition coefficient (Wildman–Crippen LogP) is 4.43. The van der Waals surface area contributed by atoms with Crippen LogP contribution >= 0.6 is 0 Å². The maximum Gasteiger partial charge on any atom is 0.418 e. The summed E-state index contributed by atoms with van der Waals surface area (Å²) in [6.45, 7) is 1.26. The Balaban J connectivity index is 1.54. The molecule has 10 heteroatoms. The van der Waals surface area contributed by atoms with Crippen LogP contribution in [0.25, 0.3) is 0 Å². The average molecular weight is 441 g/mol. The van der Waals surface area contributed by atoms with Crippen molar-refractivity contribution in [2.75, 3.05) is 24.5 Å². The summed E-state index contributed by atoms with van der Waals surface area (Å²) in [5.74, 6) is -0.373. The zero-order valence-corrected chi connectivity index (χ0v) is 16.6. The molecule has 3 rings (SSSR count). The molecule has 1 aliphatic heterocycles. The molecule has 1 heterocycles. The summed E-state index contributed by atoms with van der Waals surface area (Å²) in [6.07, 6.45) is -3.80. The molecule has 168 valence electrons. The van der Waals surface area contributed by atoms with Crippen LogP contribution in [0.15, 0.2) is 42.5 Å². The third-order valence-corrected chi connectivity index (χ3v) is 5.44. The van der Waals surface area contributed by atoms with E-state index in [-0.39, 0.29) is 17.5 Å². The highest BCUT2D eigenvalue weighted by atomic mass is 19.4. The molecule has 0 aromatic heterocycles. The van der Waals surface area contributed by atoms with Crippen LogP contribution in [0, 0.1) is 15.9 Å². The van der Waals surface area contributed by atoms with Crippen LogP contribution in [-0.2, 0) is 6.18 Å². The number of alkyl halides is 3. The monoisotopic (exact) mass is 441 g/mol. The van der Waals surface area contributed by atoms with E-state index in [4.69, 9.17) is 0 Å². The van der Waals surface area contributed by atoms with Crippen molar-refractivity contribution in [2.45, 2.75) is 37.6 Å². The van der Waals surface area contributed by atoms with E-state index < -0.39 is 28.5 Å². The summed E-state index contributed by atoms with van der Waals surface area (Å²) < 4.78 is 53.2. The SMILES string of the molecule is O=[N+]([O-])c1ccc(N2CCC(NCCC(O)c3ccc(F)cc3)CC2)c(C(F)(F)F)c1. The Labute approximate surface area is 176 Å². The van der Waals surface area contributed by atoms with Gasteiger partial charge in [-0.25, -0.2) is 4.39 Å². The van der Waals surface area contributed by atoms with Gasteiger partial charge >= 0.3 is 6.18 Å². The third kappa shape index (κ3) is 5.92. The van der Waals surface area contributed by atoms with Crippen molar-refractivity contribution in [2.24, 2.45) is 0 Å². The lowest BCUT2D eigenvalue weighted by Crippen LogP contribution is -2.43. The summed E-state index contributed by atoms with van der Waals surface area (Å²) >= 11 is 0. The zero-order chi connectivity index (χ0) is 22.6. The highest BCUT2D eigenvalue weighted by Gasteiger charge is 2.37. The van der Waals surface area contributed by atoms with Gasteiger partial charge in [-0.05, 0) is 49.6 Å². The Bertz CT molecular complexity index is 898. The fourth-order valence-electron chi connectivity index (χ4n) is 3.74. The number of aliphatic hydroxyl groups excluding tert-OH is 1. The minimum Gasteiger partial charge on any atom is -0.388 e. The zero-order valence-electron chi connectivity index (χ0n) is 16.6. The van der Waals surface area contributed by atoms with Crippen LogP contribution in [0.1, 0.15) is 36.5 Å². The van der Waals surface area contributed by atoms with Gasteiger partial charge in [-0.3, -0.25) is 10.1 Å². The molecule has 2 N–H and O–H groups in total. The van der Waals surface area contributed by atoms with Crippen molar-refractivity contribution in [3.05, 3.63) is 69.5 Å². The summed E-state index contributed by atoms with van der Waals surface area (Å²) in [6, 6.07) is 8.55. The van der Waals surface area contributed by atoms with E-state index >= 15 is 0 Å². The maximum atomic E-state index is 13.4. The van der Waals surface area contributed by atoms with Crippen LogP contribution in [0.2, 0.25) is 0 Å². The third-order valence-electron chi connectivity index (χ3n) is 5.44. The first-order chi connectivity index (χ1) is 14.6. The van der Waals surface area contributed by atoms with Crippen molar-refractivity contribution in [1.29, 1.82) is 0 Å². The molecule has 1 aliphatic rings. The van der Waals surface area contributed by atoms with Gasteiger partial charge in [-0.15, -0.1) is 0 Å². The second-order valence-corrected chi connectivity index (χ2v) is 7.53. The molecule has 0 aliphatic carbocycles. The standard InChI is InChI=1S/C21H23F4N3O3/c22-15-3-1-14(2-4-15)20(29)7-10-26-16-8-11-27(12-9-16)19-6-5-17(28(30)31)13-18(19)21(23,24)25/h1-6,13,16,20,26,29H,7-12H2. The number of piperidine rings is 1. The smallest absolute Gasteiger partial charge is 0.388 e. The molecule has 0 saturated carbocycles. The average Bonchev–Trinajstić information content (AvgIpc) is 2.73. The van der Waals surface area contributed by atoms with Crippen molar-refractivity contribution < 1.29 is 27.6 Å². The lowest BCUT2D eigenvalue weighted by Gasteiger charge is -2.35. The fraction of sp³-hybridized carbons (Fsp3) is 0.429.